The molecule has 11 aliphatic rings. The van der Waals surface area contributed by atoms with Gasteiger partial charge in [0.25, 0.3) is 0 Å². The Morgan fingerprint density at radius 2 is 0.359 bits per heavy atom. The van der Waals surface area contributed by atoms with Crippen LogP contribution in [0.1, 0.15) is 251 Å². The molecule has 0 N–H and O–H groups in total. The summed E-state index contributed by atoms with van der Waals surface area (Å²) in [7, 11) is 0. The normalized spacial score (nSPS) is 18.6. The van der Waals surface area contributed by atoms with E-state index in [9.17, 15) is 21.0 Å². The van der Waals surface area contributed by atoms with Gasteiger partial charge >= 0.3 is 0 Å². The van der Waals surface area contributed by atoms with Gasteiger partial charge in [-0.25, -0.2) is 0 Å². The molecule has 36 heteroatoms. The average Bonchev–Trinajstić information content (AvgIpc) is 0.887. The largest absolute Gasteiger partial charge is 0.198 e. The van der Waals surface area contributed by atoms with Crippen LogP contribution >= 0.6 is 376 Å². The van der Waals surface area contributed by atoms with Gasteiger partial charge in [0.2, 0.25) is 0 Å². The van der Waals surface area contributed by atoms with Crippen LogP contribution in [0.2, 0.25) is 0 Å². The molecule has 0 amide bonds. The molecular formula is C92H106N4S32. The van der Waals surface area contributed by atoms with Crippen LogP contribution in [-0.4, -0.2) is 69.0 Å². The summed E-state index contributed by atoms with van der Waals surface area (Å²) in [5.41, 5.74) is 14.2. The summed E-state index contributed by atoms with van der Waals surface area (Å²) in [5, 5.41) is 40.1. The Labute approximate surface area is 902 Å². The minimum Gasteiger partial charge on any atom is -0.198 e. The van der Waals surface area contributed by atoms with Gasteiger partial charge in [-0.15, -0.1) is 188 Å². The minimum atomic E-state index is 0.0272. The Balaban J connectivity index is 0.898. The minimum absolute atomic E-state index is 0.0272. The smallest absolute Gasteiger partial charge is 0.0717 e. The van der Waals surface area contributed by atoms with E-state index in [2.05, 4.69) is 222 Å². The Kier molecular flexibility index (Phi) is 50.9. The molecule has 0 saturated heterocycles. The molecule has 8 aliphatic heterocycles. The van der Waals surface area contributed by atoms with Crippen LogP contribution in [0.25, 0.3) is 0 Å². The van der Waals surface area contributed by atoms with Crippen LogP contribution in [0, 0.1) is 45.3 Å². The standard InChI is InChI=1S/C92H106N4S32/c1-9-17-37-97-69-70(98-38-18-10-2)114-85(113-69)89-121-77(105-45-27-33-93)81(125-89)109-53-57-49-63-64(50-58(57)54-110-82-78(106-46-28-34-94)122-90(126-82)86-115-71(99-39-19-11-3)72(116-86)100-40-20-12-4)68-62-32-26-25-31-61(62)67(63)65-51-59(55-111-83-79(107-47-29-35-95)123-91(127-83)87-117-73(101-41-21-13-5)74(118-87)102-42-22-14-6)60(52-66(65)68)56-112-84-80(108-48-30-36-96)124-92(128-84)88-119-75(103-43-23-15-7)76(120-88)104-44-24-16-8/h25-26,31-32,49-52,67-68H,9-24,27-30,37-48,53-56H2,1-8H3. The van der Waals surface area contributed by atoms with E-state index in [1.807, 2.05) is 282 Å². The summed E-state index contributed by atoms with van der Waals surface area (Å²) in [6.07, 6.45) is 21.4. The molecule has 8 heterocycles. The number of nitriles is 4. The Bertz CT molecular complexity index is 4330. The fourth-order valence-corrected chi connectivity index (χ4v) is 62.0. The number of benzene rings is 3. The molecule has 3 aliphatic carbocycles. The molecule has 0 aromatic heterocycles. The summed E-state index contributed by atoms with van der Waals surface area (Å²) in [6, 6.07) is 30.3. The van der Waals surface area contributed by atoms with Gasteiger partial charge in [-0.1, -0.05) is 343 Å². The second kappa shape index (κ2) is 59.8. The van der Waals surface area contributed by atoms with Crippen molar-refractivity contribution in [2.75, 3.05) is 69.0 Å². The lowest BCUT2D eigenvalue weighted by atomic mass is 9.60. The summed E-state index contributed by atoms with van der Waals surface area (Å²) in [6.45, 7) is 18.4. The van der Waals surface area contributed by atoms with Crippen molar-refractivity contribution in [1.29, 1.82) is 21.0 Å². The average molecular weight is 2290 g/mol. The number of rotatable bonds is 56. The Morgan fingerprint density at radius 3 is 0.508 bits per heavy atom. The van der Waals surface area contributed by atoms with Crippen LogP contribution < -0.4 is 0 Å². The zero-order valence-electron chi connectivity index (χ0n) is 73.1. The zero-order chi connectivity index (χ0) is 89.4. The molecule has 4 nitrogen and oxygen atoms in total. The summed E-state index contributed by atoms with van der Waals surface area (Å²) in [4.78, 5) is 0. The van der Waals surface area contributed by atoms with Gasteiger partial charge < -0.3 is 0 Å². The maximum atomic E-state index is 10.0. The lowest BCUT2D eigenvalue weighted by Gasteiger charge is -2.43. The highest BCUT2D eigenvalue weighted by molar-refractivity contribution is 8.49. The first-order valence-electron chi connectivity index (χ1n) is 43.7. The van der Waals surface area contributed by atoms with Crippen molar-refractivity contribution in [3.8, 4) is 24.3 Å². The number of hydrogen-bond donors (Lipinski definition) is 0. The van der Waals surface area contributed by atoms with E-state index in [4.69, 9.17) is 0 Å². The highest BCUT2D eigenvalue weighted by Crippen LogP contribution is 2.73. The van der Waals surface area contributed by atoms with Gasteiger partial charge in [-0.3, -0.25) is 0 Å². The van der Waals surface area contributed by atoms with E-state index in [1.165, 1.54) is 260 Å². The molecule has 128 heavy (non-hydrogen) atoms. The van der Waals surface area contributed by atoms with E-state index in [0.29, 0.717) is 25.7 Å². The third-order valence-electron chi connectivity index (χ3n) is 19.7. The van der Waals surface area contributed by atoms with Gasteiger partial charge in [0.05, 0.1) is 126 Å². The lowest BCUT2D eigenvalue weighted by Crippen LogP contribution is -2.28. The van der Waals surface area contributed by atoms with Crippen molar-refractivity contribution in [3.05, 3.63) is 206 Å². The molecule has 0 radical (unpaired) electrons. The lowest BCUT2D eigenvalue weighted by molar-refractivity contribution is 0.748. The molecule has 0 unspecified atom stereocenters. The fourth-order valence-electron chi connectivity index (χ4n) is 13.1. The van der Waals surface area contributed by atoms with E-state index >= 15 is 0 Å². The quantitative estimate of drug-likeness (QED) is 0.0345. The molecule has 0 spiro atoms. The third kappa shape index (κ3) is 31.1. The first-order chi connectivity index (χ1) is 63.0. The van der Waals surface area contributed by atoms with Crippen LogP contribution in [0.4, 0.5) is 0 Å². The molecule has 14 rings (SSSR count). The van der Waals surface area contributed by atoms with Crippen LogP contribution in [0.15, 0.2) is 150 Å². The Morgan fingerprint density at radius 1 is 0.211 bits per heavy atom. The second-order valence-corrected chi connectivity index (χ2v) is 69.1. The topological polar surface area (TPSA) is 95.2 Å². The van der Waals surface area contributed by atoms with Gasteiger partial charge in [0.15, 0.2) is 0 Å². The van der Waals surface area contributed by atoms with Crippen molar-refractivity contribution in [2.24, 2.45) is 0 Å². The van der Waals surface area contributed by atoms with Gasteiger partial charge in [0.1, 0.15) is 0 Å². The number of thioether (sulfide) groups is 32. The maximum absolute atomic E-state index is 10.0. The van der Waals surface area contributed by atoms with E-state index in [-0.39, 0.29) is 11.8 Å². The second-order valence-electron chi connectivity index (χ2n) is 29.3. The third-order valence-corrected chi connectivity index (χ3v) is 66.9. The number of hydrogen-bond acceptors (Lipinski definition) is 36. The molecule has 0 atom stereocenters. The summed E-state index contributed by atoms with van der Waals surface area (Å²) < 4.78 is 33.9. The first-order valence-corrected chi connectivity index (χ1v) is 72.5. The predicted octanol–water partition coefficient (Wildman–Crippen LogP) is 41.8. The van der Waals surface area contributed by atoms with Crippen molar-refractivity contribution < 1.29 is 0 Å². The van der Waals surface area contributed by atoms with E-state index < -0.39 is 0 Å². The van der Waals surface area contributed by atoms with E-state index in [0.717, 1.165) is 92.0 Å². The van der Waals surface area contributed by atoms with Crippen molar-refractivity contribution >= 4 is 376 Å². The van der Waals surface area contributed by atoms with Crippen LogP contribution in [-0.2, 0) is 23.0 Å². The highest BCUT2D eigenvalue weighted by atomic mass is 32.3. The molecule has 686 valence electrons. The van der Waals surface area contributed by atoms with E-state index in [1.54, 1.807) is 0 Å². The van der Waals surface area contributed by atoms with Crippen molar-refractivity contribution in [2.45, 2.75) is 219 Å². The number of nitrogens with zero attached hydrogens (tertiary/aromatic N) is 4. The van der Waals surface area contributed by atoms with Crippen molar-refractivity contribution in [3.63, 3.8) is 0 Å². The highest BCUT2D eigenvalue weighted by Gasteiger charge is 2.44. The fraction of sp³-hybridized carbons (Fsp3) is 0.500. The molecule has 3 aromatic carbocycles. The Hall–Kier alpha value is 3.70. The molecule has 2 bridgehead atoms. The zero-order valence-corrected chi connectivity index (χ0v) is 99.2. The van der Waals surface area contributed by atoms with Gasteiger partial charge in [-0.2, -0.15) is 21.0 Å². The van der Waals surface area contributed by atoms with Crippen LogP contribution in [0.5, 0.6) is 0 Å². The van der Waals surface area contributed by atoms with Crippen LogP contribution in [0.3, 0.4) is 0 Å². The monoisotopic (exact) mass is 2290 g/mol. The summed E-state index contributed by atoms with van der Waals surface area (Å²) >= 11 is 64.0. The SMILES string of the molecule is CCCCSC1=C(SCCCC)SC(=C2SC(SCCC#N)=C(SCc3cc4c(cc3CSC3=C(SCCC#N)SC(=C5SC(SCCCC)=C(SCCCC)S5)S3)C3c5ccccc5C4c4cc(CSC5=C(SCCC#N)SC(=C6SC(SCCCC)=C(SCCCC)S6)S5)c(CSC5=C(SCCC#N)SC(=C6SC(SCCCC)=C(SCCCC)S6)S5)cc43)S2)S1. The molecule has 0 fully saturated rings. The van der Waals surface area contributed by atoms with Gasteiger partial charge in [-0.05, 0) is 153 Å². The maximum Gasteiger partial charge on any atom is 0.0717 e. The number of unbranched alkanes of at least 4 members (excludes halogenated alkanes) is 8. The molecular weight excluding hydrogens is 2190 g/mol. The molecule has 0 saturated carbocycles. The van der Waals surface area contributed by atoms with Gasteiger partial charge in [0, 0.05) is 83.5 Å². The summed E-state index contributed by atoms with van der Waals surface area (Å²) in [5.74, 6) is 15.6. The molecule has 3 aromatic rings. The predicted molar refractivity (Wildman–Crippen MR) is 642 cm³/mol. The first kappa shape index (κ1) is 109. The van der Waals surface area contributed by atoms with Crippen molar-refractivity contribution in [1.82, 2.24) is 0 Å².